The fourth-order valence-corrected chi connectivity index (χ4v) is 3.25. The van der Waals surface area contributed by atoms with Gasteiger partial charge in [-0.15, -0.1) is 0 Å². The second kappa shape index (κ2) is 4.07. The quantitative estimate of drug-likeness (QED) is 0.890. The largest absolute Gasteiger partial charge is 0.465 e. The molecule has 2 heterocycles. The third-order valence-electron chi connectivity index (χ3n) is 2.23. The van der Waals surface area contributed by atoms with Crippen molar-refractivity contribution in [3.05, 3.63) is 22.6 Å². The van der Waals surface area contributed by atoms with E-state index < -0.39 is 6.10 Å². The Hall–Kier alpha value is 0.0700. The Balaban J connectivity index is 2.12. The van der Waals surface area contributed by atoms with Gasteiger partial charge in [0.05, 0.1) is 10.7 Å². The van der Waals surface area contributed by atoms with Crippen LogP contribution in [-0.2, 0) is 0 Å². The monoisotopic (exact) mass is 262 g/mol. The molecule has 1 aliphatic heterocycles. The van der Waals surface area contributed by atoms with Crippen molar-refractivity contribution in [2.24, 2.45) is 0 Å². The highest BCUT2D eigenvalue weighted by Gasteiger charge is 2.28. The highest BCUT2D eigenvalue weighted by Crippen LogP contribution is 2.38. The zero-order valence-corrected chi connectivity index (χ0v) is 9.47. The Morgan fingerprint density at radius 3 is 3.08 bits per heavy atom. The van der Waals surface area contributed by atoms with Gasteiger partial charge < -0.3 is 9.52 Å². The Bertz CT molecular complexity index is 281. The lowest BCUT2D eigenvalue weighted by Crippen LogP contribution is -2.11. The molecule has 0 spiro atoms. The molecule has 1 N–H and O–H groups in total. The third kappa shape index (κ3) is 1.95. The van der Waals surface area contributed by atoms with Gasteiger partial charge in [-0.25, -0.2) is 0 Å². The number of halogens is 1. The minimum atomic E-state index is -0.461. The molecule has 0 aliphatic carbocycles. The minimum absolute atomic E-state index is 0.308. The first-order valence-corrected chi connectivity index (χ1v) is 6.16. The summed E-state index contributed by atoms with van der Waals surface area (Å²) < 4.78 is 6.10. The number of hydrogen-bond acceptors (Lipinski definition) is 3. The number of rotatable bonds is 2. The smallest absolute Gasteiger partial charge is 0.147 e. The summed E-state index contributed by atoms with van der Waals surface area (Å²) in [6, 6.07) is 1.82. The van der Waals surface area contributed by atoms with E-state index in [9.17, 15) is 5.11 Å². The van der Waals surface area contributed by atoms with Crippen LogP contribution >= 0.6 is 27.7 Å². The summed E-state index contributed by atoms with van der Waals surface area (Å²) in [6.07, 6.45) is 3.42. The summed E-state index contributed by atoms with van der Waals surface area (Å²) in [5, 5.41) is 10.3. The van der Waals surface area contributed by atoms with Crippen molar-refractivity contribution >= 4 is 27.7 Å². The lowest BCUT2D eigenvalue weighted by molar-refractivity contribution is 0.144. The first-order valence-electron chi connectivity index (χ1n) is 4.31. The summed E-state index contributed by atoms with van der Waals surface area (Å²) in [7, 11) is 0. The van der Waals surface area contributed by atoms with Crippen LogP contribution in [0.25, 0.3) is 0 Å². The highest BCUT2D eigenvalue weighted by atomic mass is 79.9. The van der Waals surface area contributed by atoms with Crippen LogP contribution in [0.2, 0.25) is 0 Å². The predicted molar refractivity (Wildman–Crippen MR) is 56.8 cm³/mol. The van der Waals surface area contributed by atoms with Crippen molar-refractivity contribution in [1.29, 1.82) is 0 Å². The lowest BCUT2D eigenvalue weighted by Gasteiger charge is -2.14. The molecule has 1 aromatic heterocycles. The molecule has 2 rings (SSSR count). The number of thioether (sulfide) groups is 1. The number of aliphatic hydroxyl groups is 1. The zero-order valence-electron chi connectivity index (χ0n) is 7.07. The second-order valence-corrected chi connectivity index (χ2v) is 5.33. The zero-order chi connectivity index (χ0) is 9.26. The molecule has 1 aromatic rings. The van der Waals surface area contributed by atoms with E-state index in [2.05, 4.69) is 15.9 Å². The van der Waals surface area contributed by atoms with Crippen molar-refractivity contribution < 1.29 is 9.52 Å². The molecule has 0 bridgehead atoms. The SMILES string of the molecule is OC(c1occc1Br)C1CCCS1. The van der Waals surface area contributed by atoms with Crippen molar-refractivity contribution in [3.8, 4) is 0 Å². The summed E-state index contributed by atoms with van der Waals surface area (Å²) in [4.78, 5) is 0. The van der Waals surface area contributed by atoms with Crippen LogP contribution in [0.4, 0.5) is 0 Å². The van der Waals surface area contributed by atoms with E-state index in [1.54, 1.807) is 6.26 Å². The van der Waals surface area contributed by atoms with E-state index in [0.717, 1.165) is 16.6 Å². The number of aliphatic hydroxyl groups excluding tert-OH is 1. The van der Waals surface area contributed by atoms with E-state index in [-0.39, 0.29) is 0 Å². The molecule has 4 heteroatoms. The van der Waals surface area contributed by atoms with Gasteiger partial charge in [-0.2, -0.15) is 11.8 Å². The summed E-state index contributed by atoms with van der Waals surface area (Å²) in [5.74, 6) is 1.82. The van der Waals surface area contributed by atoms with Gasteiger partial charge in [0.2, 0.25) is 0 Å². The first-order chi connectivity index (χ1) is 6.29. The topological polar surface area (TPSA) is 33.4 Å². The summed E-state index contributed by atoms with van der Waals surface area (Å²) in [6.45, 7) is 0. The third-order valence-corrected chi connectivity index (χ3v) is 4.33. The molecular formula is C9H11BrO2S. The fraction of sp³-hybridized carbons (Fsp3) is 0.556. The molecule has 0 aromatic carbocycles. The normalized spacial score (nSPS) is 24.9. The molecule has 1 saturated heterocycles. The molecule has 2 unspecified atom stereocenters. The summed E-state index contributed by atoms with van der Waals surface area (Å²) in [5.41, 5.74) is 0. The van der Waals surface area contributed by atoms with Gasteiger partial charge in [0.15, 0.2) is 0 Å². The average molecular weight is 263 g/mol. The Morgan fingerprint density at radius 1 is 1.69 bits per heavy atom. The standard InChI is InChI=1S/C9H11BrO2S/c10-6-3-4-12-9(6)8(11)7-2-1-5-13-7/h3-4,7-8,11H,1-2,5H2. The van der Waals surface area contributed by atoms with Gasteiger partial charge in [-0.1, -0.05) is 0 Å². The Morgan fingerprint density at radius 2 is 2.54 bits per heavy atom. The lowest BCUT2D eigenvalue weighted by atomic mass is 10.1. The van der Waals surface area contributed by atoms with E-state index in [1.807, 2.05) is 17.8 Å². The van der Waals surface area contributed by atoms with Crippen LogP contribution in [0, 0.1) is 0 Å². The molecule has 72 valence electrons. The maximum Gasteiger partial charge on any atom is 0.147 e. The minimum Gasteiger partial charge on any atom is -0.465 e. The van der Waals surface area contributed by atoms with E-state index >= 15 is 0 Å². The molecule has 2 nitrogen and oxygen atoms in total. The van der Waals surface area contributed by atoms with E-state index in [1.165, 1.54) is 6.42 Å². The van der Waals surface area contributed by atoms with Crippen LogP contribution in [-0.4, -0.2) is 16.1 Å². The van der Waals surface area contributed by atoms with E-state index in [4.69, 9.17) is 4.42 Å². The van der Waals surface area contributed by atoms with Crippen LogP contribution < -0.4 is 0 Å². The number of hydrogen-bond donors (Lipinski definition) is 1. The summed E-state index contributed by atoms with van der Waals surface area (Å²) >= 11 is 5.18. The van der Waals surface area contributed by atoms with Crippen molar-refractivity contribution in [3.63, 3.8) is 0 Å². The molecule has 2 atom stereocenters. The van der Waals surface area contributed by atoms with Crippen molar-refractivity contribution in [2.75, 3.05) is 5.75 Å². The van der Waals surface area contributed by atoms with Gasteiger partial charge >= 0.3 is 0 Å². The maximum absolute atomic E-state index is 9.95. The molecular weight excluding hydrogens is 252 g/mol. The molecule has 13 heavy (non-hydrogen) atoms. The van der Waals surface area contributed by atoms with Gasteiger partial charge in [0.1, 0.15) is 11.9 Å². The molecule has 1 aliphatic rings. The average Bonchev–Trinajstić information content (AvgIpc) is 2.72. The van der Waals surface area contributed by atoms with Gasteiger partial charge in [-0.3, -0.25) is 0 Å². The molecule has 0 amide bonds. The fourth-order valence-electron chi connectivity index (χ4n) is 1.54. The number of furan rings is 1. The molecule has 0 saturated carbocycles. The Labute approximate surface area is 89.8 Å². The maximum atomic E-state index is 9.95. The van der Waals surface area contributed by atoms with Crippen LogP contribution in [0.5, 0.6) is 0 Å². The van der Waals surface area contributed by atoms with Gasteiger partial charge in [0, 0.05) is 5.25 Å². The second-order valence-electron chi connectivity index (χ2n) is 3.13. The van der Waals surface area contributed by atoms with Crippen LogP contribution in [0.3, 0.4) is 0 Å². The Kier molecular flexibility index (Phi) is 3.01. The molecule has 0 radical (unpaired) electrons. The van der Waals surface area contributed by atoms with Gasteiger partial charge in [-0.05, 0) is 40.6 Å². The van der Waals surface area contributed by atoms with E-state index in [0.29, 0.717) is 11.0 Å². The van der Waals surface area contributed by atoms with Crippen LogP contribution in [0.15, 0.2) is 21.2 Å². The van der Waals surface area contributed by atoms with Crippen molar-refractivity contribution in [1.82, 2.24) is 0 Å². The molecule has 1 fully saturated rings. The van der Waals surface area contributed by atoms with Crippen molar-refractivity contribution in [2.45, 2.75) is 24.2 Å². The predicted octanol–water partition coefficient (Wildman–Crippen LogP) is 2.97. The highest BCUT2D eigenvalue weighted by molar-refractivity contribution is 9.10. The first kappa shape index (κ1) is 9.62. The van der Waals surface area contributed by atoms with Crippen LogP contribution in [0.1, 0.15) is 24.7 Å². The van der Waals surface area contributed by atoms with Gasteiger partial charge in [0.25, 0.3) is 0 Å².